The molecule has 1 aliphatic carbocycles. The molecule has 0 saturated heterocycles. The molecule has 1 N–H and O–H groups in total. The van der Waals surface area contributed by atoms with Gasteiger partial charge in [0.15, 0.2) is 0 Å². The van der Waals surface area contributed by atoms with Crippen LogP contribution in [0.3, 0.4) is 0 Å². The molecule has 1 aromatic rings. The van der Waals surface area contributed by atoms with Crippen molar-refractivity contribution in [3.63, 3.8) is 0 Å². The lowest BCUT2D eigenvalue weighted by Gasteiger charge is -2.19. The highest BCUT2D eigenvalue weighted by atomic mass is 19.1. The number of hydrogen-bond acceptors (Lipinski definition) is 2. The minimum Gasteiger partial charge on any atom is -0.367 e. The molecule has 0 radical (unpaired) electrons. The van der Waals surface area contributed by atoms with Gasteiger partial charge in [0.1, 0.15) is 11.9 Å². The predicted molar refractivity (Wildman–Crippen MR) is 61.4 cm³/mol. The molecule has 16 heavy (non-hydrogen) atoms. The van der Waals surface area contributed by atoms with Crippen molar-refractivity contribution in [1.29, 1.82) is 5.26 Å². The minimum absolute atomic E-state index is 0.264. The highest BCUT2D eigenvalue weighted by Crippen LogP contribution is 2.29. The zero-order valence-corrected chi connectivity index (χ0v) is 9.12. The van der Waals surface area contributed by atoms with Gasteiger partial charge in [-0.3, -0.25) is 0 Å². The minimum atomic E-state index is -0.291. The molecule has 0 amide bonds. The Bertz CT molecular complexity index is 391. The van der Waals surface area contributed by atoms with Gasteiger partial charge in [0.05, 0.1) is 11.8 Å². The highest BCUT2D eigenvalue weighted by Gasteiger charge is 2.25. The van der Waals surface area contributed by atoms with Crippen molar-refractivity contribution >= 4 is 5.69 Å². The zero-order valence-electron chi connectivity index (χ0n) is 9.12. The normalized spacial score (nSPS) is 18.0. The van der Waals surface area contributed by atoms with E-state index in [4.69, 9.17) is 5.26 Å². The first kappa shape index (κ1) is 10.9. The fourth-order valence-electron chi connectivity index (χ4n) is 2.29. The van der Waals surface area contributed by atoms with E-state index in [0.717, 1.165) is 12.8 Å². The van der Waals surface area contributed by atoms with E-state index in [-0.39, 0.29) is 11.9 Å². The monoisotopic (exact) mass is 218 g/mol. The lowest BCUT2D eigenvalue weighted by atomic mass is 9.99. The second-order valence-corrected chi connectivity index (χ2v) is 4.28. The van der Waals surface area contributed by atoms with E-state index < -0.39 is 0 Å². The molecule has 1 aliphatic rings. The Morgan fingerprint density at radius 2 is 2.00 bits per heavy atom. The van der Waals surface area contributed by atoms with Gasteiger partial charge in [-0.15, -0.1) is 0 Å². The van der Waals surface area contributed by atoms with Gasteiger partial charge < -0.3 is 5.32 Å². The predicted octanol–water partition coefficient (Wildman–Crippen LogP) is 3.32. The second kappa shape index (κ2) is 4.98. The van der Waals surface area contributed by atoms with E-state index in [0.29, 0.717) is 11.6 Å². The molecule has 2 nitrogen and oxygen atoms in total. The summed E-state index contributed by atoms with van der Waals surface area (Å²) in [5, 5.41) is 12.1. The van der Waals surface area contributed by atoms with Crippen LogP contribution >= 0.6 is 0 Å². The van der Waals surface area contributed by atoms with Gasteiger partial charge in [-0.25, -0.2) is 4.39 Å². The lowest BCUT2D eigenvalue weighted by molar-refractivity contribution is 0.516. The molecule has 0 aromatic heterocycles. The van der Waals surface area contributed by atoms with Gasteiger partial charge in [-0.1, -0.05) is 25.0 Å². The molecule has 1 atom stereocenters. The van der Waals surface area contributed by atoms with Crippen LogP contribution in [0, 0.1) is 23.1 Å². The van der Waals surface area contributed by atoms with Crippen LogP contribution in [0.15, 0.2) is 24.3 Å². The summed E-state index contributed by atoms with van der Waals surface area (Å²) in [6.45, 7) is 0. The maximum atomic E-state index is 13.4. The maximum Gasteiger partial charge on any atom is 0.146 e. The van der Waals surface area contributed by atoms with Gasteiger partial charge >= 0.3 is 0 Å². The fourth-order valence-corrected chi connectivity index (χ4v) is 2.29. The van der Waals surface area contributed by atoms with Crippen molar-refractivity contribution in [2.24, 2.45) is 5.92 Å². The van der Waals surface area contributed by atoms with Crippen molar-refractivity contribution in [2.75, 3.05) is 5.32 Å². The largest absolute Gasteiger partial charge is 0.367 e. The third kappa shape index (κ3) is 2.33. The summed E-state index contributed by atoms with van der Waals surface area (Å²) in [6, 6.07) is 8.48. The molecule has 0 spiro atoms. The number of anilines is 1. The molecule has 0 heterocycles. The number of nitriles is 1. The summed E-state index contributed by atoms with van der Waals surface area (Å²) in [5.74, 6) is 0.0744. The van der Waals surface area contributed by atoms with Crippen molar-refractivity contribution in [3.8, 4) is 6.07 Å². The van der Waals surface area contributed by atoms with E-state index in [1.807, 2.05) is 0 Å². The average Bonchev–Trinajstić information content (AvgIpc) is 2.81. The number of hydrogen-bond donors (Lipinski definition) is 1. The Kier molecular flexibility index (Phi) is 3.40. The van der Waals surface area contributed by atoms with E-state index in [2.05, 4.69) is 11.4 Å². The van der Waals surface area contributed by atoms with Crippen LogP contribution in [-0.2, 0) is 0 Å². The molecule has 1 saturated carbocycles. The summed E-state index contributed by atoms with van der Waals surface area (Å²) >= 11 is 0. The summed E-state index contributed by atoms with van der Waals surface area (Å²) < 4.78 is 13.4. The van der Waals surface area contributed by atoms with E-state index >= 15 is 0 Å². The Morgan fingerprint density at radius 1 is 1.31 bits per heavy atom. The quantitative estimate of drug-likeness (QED) is 0.844. The third-order valence-corrected chi connectivity index (χ3v) is 3.20. The molecule has 84 valence electrons. The Morgan fingerprint density at radius 3 is 2.62 bits per heavy atom. The molecule has 0 bridgehead atoms. The van der Waals surface area contributed by atoms with Gasteiger partial charge in [-0.2, -0.15) is 5.26 Å². The molecule has 2 rings (SSSR count). The van der Waals surface area contributed by atoms with Crippen LogP contribution < -0.4 is 5.32 Å². The number of benzene rings is 1. The summed E-state index contributed by atoms with van der Waals surface area (Å²) in [7, 11) is 0. The van der Waals surface area contributed by atoms with Crippen LogP contribution in [0.2, 0.25) is 0 Å². The van der Waals surface area contributed by atoms with Gasteiger partial charge in [0.2, 0.25) is 0 Å². The lowest BCUT2D eigenvalue weighted by Crippen LogP contribution is -2.26. The summed E-state index contributed by atoms with van der Waals surface area (Å²) in [5.41, 5.74) is 0.431. The molecule has 3 heteroatoms. The summed E-state index contributed by atoms with van der Waals surface area (Å²) in [4.78, 5) is 0. The third-order valence-electron chi connectivity index (χ3n) is 3.20. The second-order valence-electron chi connectivity index (χ2n) is 4.28. The van der Waals surface area contributed by atoms with Crippen molar-refractivity contribution in [1.82, 2.24) is 0 Å². The van der Waals surface area contributed by atoms with Gasteiger partial charge in [0.25, 0.3) is 0 Å². The first-order valence-corrected chi connectivity index (χ1v) is 5.72. The Hall–Kier alpha value is -1.56. The van der Waals surface area contributed by atoms with Crippen LogP contribution in [-0.4, -0.2) is 6.04 Å². The molecular weight excluding hydrogens is 203 g/mol. The van der Waals surface area contributed by atoms with Crippen molar-refractivity contribution < 1.29 is 4.39 Å². The number of halogens is 1. The van der Waals surface area contributed by atoms with Crippen LogP contribution in [0.5, 0.6) is 0 Å². The van der Waals surface area contributed by atoms with E-state index in [1.165, 1.54) is 18.9 Å². The number of rotatable bonds is 3. The summed E-state index contributed by atoms with van der Waals surface area (Å²) in [6.07, 6.45) is 4.50. The van der Waals surface area contributed by atoms with E-state index in [1.54, 1.807) is 18.2 Å². The molecule has 1 unspecified atom stereocenters. The van der Waals surface area contributed by atoms with Gasteiger partial charge in [-0.05, 0) is 30.9 Å². The maximum absolute atomic E-state index is 13.4. The first-order chi connectivity index (χ1) is 7.81. The first-order valence-electron chi connectivity index (χ1n) is 5.72. The van der Waals surface area contributed by atoms with Crippen LogP contribution in [0.4, 0.5) is 10.1 Å². The topological polar surface area (TPSA) is 35.8 Å². The number of para-hydroxylation sites is 1. The zero-order chi connectivity index (χ0) is 11.4. The fraction of sp³-hybridized carbons (Fsp3) is 0.462. The van der Waals surface area contributed by atoms with Gasteiger partial charge in [0, 0.05) is 0 Å². The van der Waals surface area contributed by atoms with Crippen molar-refractivity contribution in [2.45, 2.75) is 31.7 Å². The molecule has 1 aromatic carbocycles. The van der Waals surface area contributed by atoms with Crippen LogP contribution in [0.1, 0.15) is 25.7 Å². The SMILES string of the molecule is N#CC(Nc1ccccc1F)C1CCCC1. The van der Waals surface area contributed by atoms with Crippen LogP contribution in [0.25, 0.3) is 0 Å². The molecule has 0 aliphatic heterocycles. The van der Waals surface area contributed by atoms with Crippen molar-refractivity contribution in [3.05, 3.63) is 30.1 Å². The number of nitrogens with zero attached hydrogens (tertiary/aromatic N) is 1. The number of nitrogens with one attached hydrogen (secondary N) is 1. The highest BCUT2D eigenvalue weighted by molar-refractivity contribution is 5.46. The smallest absolute Gasteiger partial charge is 0.146 e. The Labute approximate surface area is 95.1 Å². The Balaban J connectivity index is 2.07. The average molecular weight is 218 g/mol. The standard InChI is InChI=1S/C13H15FN2/c14-11-7-3-4-8-12(11)16-13(9-15)10-5-1-2-6-10/h3-4,7-8,10,13,16H,1-2,5-6H2. The van der Waals surface area contributed by atoms with E-state index in [9.17, 15) is 4.39 Å². The molecular formula is C13H15FN2. The molecule has 1 fully saturated rings.